The molecular formula is C27H32N4O2. The summed E-state index contributed by atoms with van der Waals surface area (Å²) in [6.45, 7) is 6.76. The molecule has 1 aliphatic heterocycles. The average molecular weight is 445 g/mol. The fraction of sp³-hybridized carbons (Fsp3) is 0.370. The number of hydrogen-bond acceptors (Lipinski definition) is 4. The molecule has 6 nitrogen and oxygen atoms in total. The monoisotopic (exact) mass is 444 g/mol. The van der Waals surface area contributed by atoms with E-state index in [0.29, 0.717) is 12.0 Å². The van der Waals surface area contributed by atoms with Gasteiger partial charge >= 0.3 is 0 Å². The van der Waals surface area contributed by atoms with Gasteiger partial charge in [-0.25, -0.2) is 0 Å². The van der Waals surface area contributed by atoms with Gasteiger partial charge in [0.1, 0.15) is 6.04 Å². The normalized spacial score (nSPS) is 17.2. The quantitative estimate of drug-likeness (QED) is 0.555. The zero-order valence-corrected chi connectivity index (χ0v) is 19.3. The number of hydrogen-bond donors (Lipinski definition) is 2. The number of carbonyl (C=O) groups excluding carboxylic acids is 2. The molecule has 2 heterocycles. The predicted molar refractivity (Wildman–Crippen MR) is 131 cm³/mol. The van der Waals surface area contributed by atoms with E-state index in [9.17, 15) is 9.59 Å². The van der Waals surface area contributed by atoms with E-state index in [4.69, 9.17) is 0 Å². The molecule has 33 heavy (non-hydrogen) atoms. The zero-order chi connectivity index (χ0) is 23.2. The van der Waals surface area contributed by atoms with E-state index >= 15 is 0 Å². The van der Waals surface area contributed by atoms with Gasteiger partial charge in [0.2, 0.25) is 5.91 Å². The van der Waals surface area contributed by atoms with E-state index in [-0.39, 0.29) is 23.8 Å². The molecule has 172 valence electrons. The van der Waals surface area contributed by atoms with Crippen LogP contribution in [0.2, 0.25) is 0 Å². The van der Waals surface area contributed by atoms with Crippen LogP contribution < -0.4 is 10.6 Å². The Morgan fingerprint density at radius 3 is 2.64 bits per heavy atom. The second-order valence-electron chi connectivity index (χ2n) is 9.29. The summed E-state index contributed by atoms with van der Waals surface area (Å²) in [4.78, 5) is 32.8. The molecule has 2 aromatic carbocycles. The fourth-order valence-electron chi connectivity index (χ4n) is 4.38. The predicted octanol–water partition coefficient (Wildman–Crippen LogP) is 3.77. The minimum absolute atomic E-state index is 0.0927. The number of aromatic nitrogens is 1. The van der Waals surface area contributed by atoms with Crippen molar-refractivity contribution in [2.45, 2.75) is 45.3 Å². The Bertz CT molecular complexity index is 1100. The van der Waals surface area contributed by atoms with Crippen LogP contribution >= 0.6 is 0 Å². The Balaban J connectivity index is 1.37. The molecule has 1 aromatic heterocycles. The van der Waals surface area contributed by atoms with Crippen LogP contribution in [0.25, 0.3) is 10.9 Å². The van der Waals surface area contributed by atoms with Crippen molar-refractivity contribution in [3.8, 4) is 0 Å². The molecule has 0 aliphatic carbocycles. The van der Waals surface area contributed by atoms with Crippen LogP contribution in [-0.4, -0.2) is 46.9 Å². The molecule has 4 rings (SSSR count). The topological polar surface area (TPSA) is 74.3 Å². The summed E-state index contributed by atoms with van der Waals surface area (Å²) in [7, 11) is 0. The highest BCUT2D eigenvalue weighted by Crippen LogP contribution is 2.16. The van der Waals surface area contributed by atoms with Gasteiger partial charge in [-0.3, -0.25) is 19.5 Å². The Kier molecular flexibility index (Phi) is 7.35. The SMILES string of the molecule is CC(C)C[C@H](NC(=O)c1cnc2ccccc2c1)C(=O)N[C@H]1CCN(Cc2ccccc2)C1. The largest absolute Gasteiger partial charge is 0.350 e. The first-order valence-corrected chi connectivity index (χ1v) is 11.7. The summed E-state index contributed by atoms with van der Waals surface area (Å²) in [6.07, 6.45) is 3.06. The van der Waals surface area contributed by atoms with E-state index in [0.717, 1.165) is 37.0 Å². The van der Waals surface area contributed by atoms with Crippen LogP contribution in [0, 0.1) is 5.92 Å². The maximum atomic E-state index is 13.1. The van der Waals surface area contributed by atoms with Gasteiger partial charge in [-0.15, -0.1) is 0 Å². The number of nitrogens with zero attached hydrogens (tertiary/aromatic N) is 2. The third-order valence-electron chi connectivity index (χ3n) is 6.05. The van der Waals surface area contributed by atoms with Crippen LogP contribution in [0.4, 0.5) is 0 Å². The van der Waals surface area contributed by atoms with E-state index in [1.165, 1.54) is 5.56 Å². The molecule has 1 aliphatic rings. The minimum Gasteiger partial charge on any atom is -0.350 e. The summed E-state index contributed by atoms with van der Waals surface area (Å²) in [5.74, 6) is -0.113. The Labute approximate surface area is 195 Å². The summed E-state index contributed by atoms with van der Waals surface area (Å²) in [5.41, 5.74) is 2.58. The number of benzene rings is 2. The van der Waals surface area contributed by atoms with Crippen LogP contribution in [-0.2, 0) is 11.3 Å². The number of rotatable bonds is 8. The zero-order valence-electron chi connectivity index (χ0n) is 19.3. The molecule has 3 aromatic rings. The van der Waals surface area contributed by atoms with Crippen molar-refractivity contribution in [2.24, 2.45) is 5.92 Å². The number of likely N-dealkylation sites (tertiary alicyclic amines) is 1. The number of fused-ring (bicyclic) bond motifs is 1. The lowest BCUT2D eigenvalue weighted by molar-refractivity contribution is -0.124. The highest BCUT2D eigenvalue weighted by atomic mass is 16.2. The lowest BCUT2D eigenvalue weighted by atomic mass is 10.0. The van der Waals surface area contributed by atoms with E-state index in [1.807, 2.05) is 36.4 Å². The van der Waals surface area contributed by atoms with Gasteiger partial charge in [-0.05, 0) is 36.5 Å². The van der Waals surface area contributed by atoms with Gasteiger partial charge in [0, 0.05) is 37.3 Å². The highest BCUT2D eigenvalue weighted by Gasteiger charge is 2.28. The maximum absolute atomic E-state index is 13.1. The molecule has 0 bridgehead atoms. The second kappa shape index (κ2) is 10.6. The Morgan fingerprint density at radius 1 is 1.09 bits per heavy atom. The molecule has 0 spiro atoms. The van der Waals surface area contributed by atoms with Crippen LogP contribution in [0.5, 0.6) is 0 Å². The van der Waals surface area contributed by atoms with E-state index in [2.05, 4.69) is 58.6 Å². The number of nitrogens with one attached hydrogen (secondary N) is 2. The number of carbonyl (C=O) groups is 2. The van der Waals surface area contributed by atoms with Crippen molar-refractivity contribution in [3.05, 3.63) is 78.0 Å². The number of pyridine rings is 1. The smallest absolute Gasteiger partial charge is 0.253 e. The first-order chi connectivity index (χ1) is 16.0. The Hall–Kier alpha value is -3.25. The van der Waals surface area contributed by atoms with Crippen LogP contribution in [0.15, 0.2) is 66.9 Å². The van der Waals surface area contributed by atoms with Gasteiger partial charge in [0.25, 0.3) is 5.91 Å². The van der Waals surface area contributed by atoms with Crippen molar-refractivity contribution >= 4 is 22.7 Å². The van der Waals surface area contributed by atoms with Crippen molar-refractivity contribution in [2.75, 3.05) is 13.1 Å². The lowest BCUT2D eigenvalue weighted by Crippen LogP contribution is -2.50. The first-order valence-electron chi connectivity index (χ1n) is 11.7. The van der Waals surface area contributed by atoms with Gasteiger partial charge in [-0.1, -0.05) is 62.4 Å². The summed E-state index contributed by atoms with van der Waals surface area (Å²) in [6, 6.07) is 19.4. The van der Waals surface area contributed by atoms with Gasteiger partial charge in [0.05, 0.1) is 11.1 Å². The van der Waals surface area contributed by atoms with E-state index in [1.54, 1.807) is 6.20 Å². The van der Waals surface area contributed by atoms with Crippen molar-refractivity contribution in [3.63, 3.8) is 0 Å². The summed E-state index contributed by atoms with van der Waals surface area (Å²) >= 11 is 0. The van der Waals surface area contributed by atoms with Gasteiger partial charge in [0.15, 0.2) is 0 Å². The first kappa shape index (κ1) is 22.9. The molecule has 2 N–H and O–H groups in total. The fourth-order valence-corrected chi connectivity index (χ4v) is 4.38. The summed E-state index contributed by atoms with van der Waals surface area (Å²) < 4.78 is 0. The summed E-state index contributed by atoms with van der Waals surface area (Å²) in [5, 5.41) is 7.03. The second-order valence-corrected chi connectivity index (χ2v) is 9.29. The van der Waals surface area contributed by atoms with Crippen LogP contribution in [0.1, 0.15) is 42.6 Å². The lowest BCUT2D eigenvalue weighted by Gasteiger charge is -2.23. The molecule has 0 saturated carbocycles. The van der Waals surface area contributed by atoms with Crippen molar-refractivity contribution in [1.29, 1.82) is 0 Å². The minimum atomic E-state index is -0.577. The van der Waals surface area contributed by atoms with Gasteiger partial charge in [-0.2, -0.15) is 0 Å². The standard InChI is InChI=1S/C27H32N4O2/c1-19(2)14-25(30-26(32)22-15-21-10-6-7-11-24(21)28-16-22)27(33)29-23-12-13-31(18-23)17-20-8-4-3-5-9-20/h3-11,15-16,19,23,25H,12-14,17-18H2,1-2H3,(H,29,33)(H,30,32)/t23-,25-/m0/s1. The molecule has 1 saturated heterocycles. The molecule has 0 unspecified atom stereocenters. The Morgan fingerprint density at radius 2 is 1.85 bits per heavy atom. The third-order valence-corrected chi connectivity index (χ3v) is 6.05. The van der Waals surface area contributed by atoms with Gasteiger partial charge < -0.3 is 10.6 Å². The molecule has 2 atom stereocenters. The molecule has 2 amide bonds. The molecular weight excluding hydrogens is 412 g/mol. The highest BCUT2D eigenvalue weighted by molar-refractivity contribution is 5.99. The third kappa shape index (κ3) is 6.17. The van der Waals surface area contributed by atoms with Crippen molar-refractivity contribution in [1.82, 2.24) is 20.5 Å². The van der Waals surface area contributed by atoms with Crippen molar-refractivity contribution < 1.29 is 9.59 Å². The molecule has 6 heteroatoms. The van der Waals surface area contributed by atoms with E-state index < -0.39 is 6.04 Å². The number of amides is 2. The maximum Gasteiger partial charge on any atom is 0.253 e. The van der Waals surface area contributed by atoms with Crippen LogP contribution in [0.3, 0.4) is 0 Å². The average Bonchev–Trinajstić information content (AvgIpc) is 3.25. The molecule has 0 radical (unpaired) electrons. The number of para-hydroxylation sites is 1. The molecule has 1 fully saturated rings.